The maximum Gasteiger partial charge on any atom is 0.417 e. The van der Waals surface area contributed by atoms with Crippen LogP contribution in [0.25, 0.3) is 0 Å². The fourth-order valence-electron chi connectivity index (χ4n) is 1.45. The Morgan fingerprint density at radius 3 is 2.33 bits per heavy atom. The zero-order chi connectivity index (χ0) is 16.4. The first-order valence-corrected chi connectivity index (χ1v) is 6.27. The van der Waals surface area contributed by atoms with Gasteiger partial charge in [0, 0.05) is 18.4 Å². The van der Waals surface area contributed by atoms with Crippen LogP contribution < -0.4 is 11.1 Å². The van der Waals surface area contributed by atoms with Crippen LogP contribution in [-0.2, 0) is 15.7 Å². The summed E-state index contributed by atoms with van der Waals surface area (Å²) in [7, 11) is 1.33. The van der Waals surface area contributed by atoms with Gasteiger partial charge < -0.3 is 15.8 Å². The van der Waals surface area contributed by atoms with Crippen LogP contribution in [0.3, 0.4) is 0 Å². The van der Waals surface area contributed by atoms with Crippen molar-refractivity contribution in [3.8, 4) is 0 Å². The van der Waals surface area contributed by atoms with Crippen LogP contribution in [0.5, 0.6) is 0 Å². The Kier molecular flexibility index (Phi) is 4.95. The van der Waals surface area contributed by atoms with Gasteiger partial charge in [-0.25, -0.2) is 0 Å². The summed E-state index contributed by atoms with van der Waals surface area (Å²) in [4.78, 5) is 11.5. The molecule has 0 aliphatic rings. The molecule has 0 bridgehead atoms. The monoisotopic (exact) mass is 320 g/mol. The molecule has 0 spiro atoms. The summed E-state index contributed by atoms with van der Waals surface area (Å²) >= 11 is 4.60. The zero-order valence-electron chi connectivity index (χ0n) is 11.7. The van der Waals surface area contributed by atoms with Crippen molar-refractivity contribution in [1.82, 2.24) is 0 Å². The van der Waals surface area contributed by atoms with Gasteiger partial charge in [0.2, 0.25) is 0 Å². The smallest absolute Gasteiger partial charge is 0.389 e. The first-order valence-electron chi connectivity index (χ1n) is 5.86. The highest BCUT2D eigenvalue weighted by atomic mass is 32.1. The summed E-state index contributed by atoms with van der Waals surface area (Å²) in [6, 6.07) is 3.21. The molecule has 1 amide bonds. The van der Waals surface area contributed by atoms with Gasteiger partial charge in [0.15, 0.2) is 0 Å². The fraction of sp³-hybridized carbons (Fsp3) is 0.385. The Morgan fingerprint density at radius 1 is 1.33 bits per heavy atom. The average molecular weight is 320 g/mol. The molecule has 3 N–H and O–H groups in total. The van der Waals surface area contributed by atoms with Crippen molar-refractivity contribution in [3.05, 3.63) is 29.3 Å². The summed E-state index contributed by atoms with van der Waals surface area (Å²) in [5.41, 5.74) is 2.81. The van der Waals surface area contributed by atoms with Gasteiger partial charge in [0.05, 0.1) is 5.56 Å². The third-order valence-corrected chi connectivity index (χ3v) is 3.13. The fourth-order valence-corrected chi connectivity index (χ4v) is 1.62. The van der Waals surface area contributed by atoms with Gasteiger partial charge in [0.1, 0.15) is 10.6 Å². The quantitative estimate of drug-likeness (QED) is 0.837. The van der Waals surface area contributed by atoms with Crippen molar-refractivity contribution < 1.29 is 22.7 Å². The number of rotatable bonds is 4. The predicted octanol–water partition coefficient (Wildman–Crippen LogP) is 2.70. The molecule has 0 saturated heterocycles. The Balaban J connectivity index is 3.18. The molecule has 0 saturated carbocycles. The van der Waals surface area contributed by atoms with Crippen LogP contribution in [-0.4, -0.2) is 23.6 Å². The predicted molar refractivity (Wildman–Crippen MR) is 77.0 cm³/mol. The topological polar surface area (TPSA) is 64.3 Å². The zero-order valence-corrected chi connectivity index (χ0v) is 12.5. The first kappa shape index (κ1) is 17.4. The van der Waals surface area contributed by atoms with E-state index in [9.17, 15) is 18.0 Å². The highest BCUT2D eigenvalue weighted by Crippen LogP contribution is 2.34. The van der Waals surface area contributed by atoms with Crippen molar-refractivity contribution in [3.63, 3.8) is 0 Å². The van der Waals surface area contributed by atoms with Crippen LogP contribution >= 0.6 is 12.2 Å². The Bertz CT molecular complexity index is 571. The molecular weight excluding hydrogens is 305 g/mol. The molecule has 1 aromatic carbocycles. The number of carbonyl (C=O) groups is 1. The van der Waals surface area contributed by atoms with E-state index in [0.29, 0.717) is 0 Å². The molecule has 0 aliphatic heterocycles. The van der Waals surface area contributed by atoms with E-state index in [1.807, 2.05) is 0 Å². The van der Waals surface area contributed by atoms with Crippen LogP contribution in [0.2, 0.25) is 0 Å². The minimum atomic E-state index is -4.63. The lowest BCUT2D eigenvalue weighted by molar-refractivity contribution is -0.138. The number of nitrogens with one attached hydrogen (secondary N) is 1. The van der Waals surface area contributed by atoms with E-state index >= 15 is 0 Å². The van der Waals surface area contributed by atoms with Crippen LogP contribution in [0.15, 0.2) is 18.2 Å². The van der Waals surface area contributed by atoms with E-state index in [-0.39, 0.29) is 16.2 Å². The minimum absolute atomic E-state index is 0.0162. The van der Waals surface area contributed by atoms with Gasteiger partial charge in [-0.3, -0.25) is 4.79 Å². The molecule has 0 aromatic heterocycles. The number of carbonyl (C=O) groups excluding carboxylic acids is 1. The van der Waals surface area contributed by atoms with E-state index in [1.54, 1.807) is 0 Å². The van der Waals surface area contributed by atoms with Crippen LogP contribution in [0, 0.1) is 0 Å². The number of anilines is 1. The third kappa shape index (κ3) is 4.15. The molecule has 0 atom stereocenters. The molecule has 1 aromatic rings. The molecule has 0 radical (unpaired) electrons. The Morgan fingerprint density at radius 2 is 1.90 bits per heavy atom. The second kappa shape index (κ2) is 5.98. The number of alkyl halides is 3. The van der Waals surface area contributed by atoms with E-state index in [1.165, 1.54) is 27.0 Å². The van der Waals surface area contributed by atoms with E-state index in [0.717, 1.165) is 12.1 Å². The molecule has 0 fully saturated rings. The number of amides is 1. The number of nitrogens with two attached hydrogens (primary N) is 1. The largest absolute Gasteiger partial charge is 0.417 e. The van der Waals surface area contributed by atoms with Gasteiger partial charge >= 0.3 is 6.18 Å². The number of thiocarbonyl (C=S) groups is 1. The normalized spacial score (nSPS) is 12.1. The van der Waals surface area contributed by atoms with Gasteiger partial charge in [0.25, 0.3) is 5.91 Å². The molecule has 8 heteroatoms. The molecule has 0 unspecified atom stereocenters. The van der Waals surface area contributed by atoms with Crippen molar-refractivity contribution in [1.29, 1.82) is 0 Å². The number of halogens is 3. The number of hydrogen-bond acceptors (Lipinski definition) is 3. The molecule has 4 nitrogen and oxygen atoms in total. The number of benzene rings is 1. The molecular formula is C13H15F3N2O2S. The van der Waals surface area contributed by atoms with Crippen molar-refractivity contribution >= 4 is 28.8 Å². The summed E-state index contributed by atoms with van der Waals surface area (Å²) in [5, 5.41) is 2.36. The van der Waals surface area contributed by atoms with Gasteiger partial charge in [-0.2, -0.15) is 13.2 Å². The molecule has 0 heterocycles. The lowest BCUT2D eigenvalue weighted by Gasteiger charge is -2.22. The molecule has 0 aliphatic carbocycles. The van der Waals surface area contributed by atoms with Crippen LogP contribution in [0.1, 0.15) is 25.0 Å². The molecule has 116 valence electrons. The van der Waals surface area contributed by atoms with Crippen molar-refractivity contribution in [2.24, 2.45) is 5.73 Å². The second-order valence-electron chi connectivity index (χ2n) is 4.79. The highest BCUT2D eigenvalue weighted by molar-refractivity contribution is 7.80. The lowest BCUT2D eigenvalue weighted by Crippen LogP contribution is -2.38. The van der Waals surface area contributed by atoms with Crippen molar-refractivity contribution in [2.75, 3.05) is 12.4 Å². The number of methoxy groups -OCH3 is 1. The van der Waals surface area contributed by atoms with Gasteiger partial charge in [-0.05, 0) is 32.0 Å². The van der Waals surface area contributed by atoms with E-state index < -0.39 is 23.2 Å². The third-order valence-electron chi connectivity index (χ3n) is 2.91. The summed E-state index contributed by atoms with van der Waals surface area (Å²) in [5.74, 6) is -0.568. The second-order valence-corrected chi connectivity index (χ2v) is 5.23. The highest BCUT2D eigenvalue weighted by Gasteiger charge is 2.35. The SMILES string of the molecule is COC(C)(C)C(=O)Nc1ccc(C(N)=S)c(C(F)(F)F)c1. The maximum absolute atomic E-state index is 13.0. The summed E-state index contributed by atoms with van der Waals surface area (Å²) in [6.07, 6.45) is -4.63. The summed E-state index contributed by atoms with van der Waals surface area (Å²) in [6.45, 7) is 2.99. The van der Waals surface area contributed by atoms with E-state index in [2.05, 4.69) is 17.5 Å². The lowest BCUT2D eigenvalue weighted by atomic mass is 10.0. The van der Waals surface area contributed by atoms with Crippen LogP contribution in [0.4, 0.5) is 18.9 Å². The Labute approximate surface area is 125 Å². The standard InChI is InChI=1S/C13H15F3N2O2S/c1-12(2,20-3)11(19)18-7-4-5-8(10(17)21)9(6-7)13(14,15)16/h4-6H,1-3H3,(H2,17,21)(H,18,19). The number of hydrogen-bond donors (Lipinski definition) is 2. The van der Waals surface area contributed by atoms with Crippen molar-refractivity contribution in [2.45, 2.75) is 25.6 Å². The van der Waals surface area contributed by atoms with Gasteiger partial charge in [-0.15, -0.1) is 0 Å². The van der Waals surface area contributed by atoms with E-state index in [4.69, 9.17) is 10.5 Å². The number of ether oxygens (including phenoxy) is 1. The van der Waals surface area contributed by atoms with Gasteiger partial charge in [-0.1, -0.05) is 12.2 Å². The average Bonchev–Trinajstić information content (AvgIpc) is 2.37. The molecule has 21 heavy (non-hydrogen) atoms. The molecule has 1 rings (SSSR count). The minimum Gasteiger partial charge on any atom is -0.389 e. The summed E-state index contributed by atoms with van der Waals surface area (Å²) < 4.78 is 43.9. The Hall–Kier alpha value is -1.67. The maximum atomic E-state index is 13.0. The first-order chi connectivity index (χ1) is 9.49.